The Hall–Kier alpha value is -3.15. The fourth-order valence-corrected chi connectivity index (χ4v) is 8.30. The third kappa shape index (κ3) is 55.6. The smallest absolute Gasteiger partial charge is 0.306 e. The summed E-state index contributed by atoms with van der Waals surface area (Å²) in [5.41, 5.74) is 0. The van der Waals surface area contributed by atoms with E-state index in [0.29, 0.717) is 19.3 Å². The van der Waals surface area contributed by atoms with Crippen molar-refractivity contribution in [2.75, 3.05) is 13.2 Å². The van der Waals surface area contributed by atoms with Gasteiger partial charge in [0.25, 0.3) is 0 Å². The number of hydrogen-bond acceptors (Lipinski definition) is 6. The van der Waals surface area contributed by atoms with Crippen molar-refractivity contribution in [2.45, 2.75) is 297 Å². The zero-order valence-electron chi connectivity index (χ0n) is 45.6. The van der Waals surface area contributed by atoms with Crippen LogP contribution in [0.15, 0.2) is 72.9 Å². The number of carbonyl (C=O) groups excluding carboxylic acids is 3. The van der Waals surface area contributed by atoms with Gasteiger partial charge in [0.05, 0.1) is 0 Å². The topological polar surface area (TPSA) is 78.9 Å². The first-order valence-electron chi connectivity index (χ1n) is 29.4. The number of rotatable bonds is 53. The molecule has 0 aliphatic heterocycles. The molecule has 0 amide bonds. The van der Waals surface area contributed by atoms with E-state index in [9.17, 15) is 14.4 Å². The summed E-state index contributed by atoms with van der Waals surface area (Å²) in [5, 5.41) is 0. The van der Waals surface area contributed by atoms with Crippen molar-refractivity contribution in [3.63, 3.8) is 0 Å². The van der Waals surface area contributed by atoms with Crippen LogP contribution in [-0.4, -0.2) is 37.2 Å². The SMILES string of the molecule is CC/C=C\C/C=C\C/C=C\C/C=C\CCCCCCCCCCCCCCCCCCCCCCC(=O)OCC(COC(=O)CCCCCCC)OC(=O)CCCCCCC/C=C\C/C=C\CCC. The normalized spacial score (nSPS) is 12.6. The molecular weight excluding hydrogens is 853 g/mol. The maximum atomic E-state index is 12.7. The van der Waals surface area contributed by atoms with E-state index in [1.807, 2.05) is 0 Å². The minimum absolute atomic E-state index is 0.0778. The Morgan fingerprint density at radius 1 is 0.304 bits per heavy atom. The molecule has 398 valence electrons. The van der Waals surface area contributed by atoms with E-state index in [1.165, 1.54) is 128 Å². The van der Waals surface area contributed by atoms with Crippen molar-refractivity contribution >= 4 is 17.9 Å². The summed E-state index contributed by atoms with van der Waals surface area (Å²) in [6.45, 7) is 6.38. The van der Waals surface area contributed by atoms with Crippen molar-refractivity contribution in [3.8, 4) is 0 Å². The quantitative estimate of drug-likeness (QED) is 0.0262. The van der Waals surface area contributed by atoms with Gasteiger partial charge >= 0.3 is 17.9 Å². The molecule has 0 radical (unpaired) electrons. The second kappa shape index (κ2) is 57.4. The van der Waals surface area contributed by atoms with E-state index in [1.54, 1.807) is 0 Å². The van der Waals surface area contributed by atoms with Crippen LogP contribution in [0.2, 0.25) is 0 Å². The maximum absolute atomic E-state index is 12.7. The van der Waals surface area contributed by atoms with Crippen LogP contribution in [0.3, 0.4) is 0 Å². The highest BCUT2D eigenvalue weighted by molar-refractivity contribution is 5.71. The van der Waals surface area contributed by atoms with Crippen LogP contribution in [0.1, 0.15) is 290 Å². The van der Waals surface area contributed by atoms with Crippen LogP contribution in [0.25, 0.3) is 0 Å². The van der Waals surface area contributed by atoms with Gasteiger partial charge in [-0.25, -0.2) is 0 Å². The summed E-state index contributed by atoms with van der Waals surface area (Å²) in [7, 11) is 0. The average molecular weight is 964 g/mol. The molecule has 0 rings (SSSR count). The first-order chi connectivity index (χ1) is 34.0. The Bertz CT molecular complexity index is 1290. The third-order valence-corrected chi connectivity index (χ3v) is 12.7. The molecule has 0 saturated heterocycles. The predicted molar refractivity (Wildman–Crippen MR) is 298 cm³/mol. The van der Waals surface area contributed by atoms with Gasteiger partial charge in [0.15, 0.2) is 6.10 Å². The molecule has 6 nitrogen and oxygen atoms in total. The van der Waals surface area contributed by atoms with Crippen LogP contribution in [0.4, 0.5) is 0 Å². The summed E-state index contributed by atoms with van der Waals surface area (Å²) >= 11 is 0. The molecule has 1 unspecified atom stereocenters. The molecule has 0 aliphatic carbocycles. The fraction of sp³-hybridized carbons (Fsp3) is 0.762. The number of hydrogen-bond donors (Lipinski definition) is 0. The Morgan fingerprint density at radius 3 is 0.942 bits per heavy atom. The van der Waals surface area contributed by atoms with E-state index < -0.39 is 6.10 Å². The largest absolute Gasteiger partial charge is 0.462 e. The molecule has 0 spiro atoms. The molecule has 0 fully saturated rings. The highest BCUT2D eigenvalue weighted by atomic mass is 16.6. The molecule has 69 heavy (non-hydrogen) atoms. The maximum Gasteiger partial charge on any atom is 0.306 e. The molecule has 0 heterocycles. The van der Waals surface area contributed by atoms with Gasteiger partial charge in [-0.1, -0.05) is 261 Å². The van der Waals surface area contributed by atoms with Crippen LogP contribution >= 0.6 is 0 Å². The molecule has 0 aromatic rings. The lowest BCUT2D eigenvalue weighted by molar-refractivity contribution is -0.167. The summed E-state index contributed by atoms with van der Waals surface area (Å²) < 4.78 is 16.7. The number of ether oxygens (including phenoxy) is 3. The molecule has 0 aromatic heterocycles. The molecule has 0 saturated carbocycles. The molecule has 0 bridgehead atoms. The van der Waals surface area contributed by atoms with Crippen LogP contribution in [0.5, 0.6) is 0 Å². The lowest BCUT2D eigenvalue weighted by Crippen LogP contribution is -2.30. The van der Waals surface area contributed by atoms with Crippen LogP contribution in [-0.2, 0) is 28.6 Å². The summed E-state index contributed by atoms with van der Waals surface area (Å²) in [5.74, 6) is -0.899. The monoisotopic (exact) mass is 963 g/mol. The van der Waals surface area contributed by atoms with Gasteiger partial charge in [-0.3, -0.25) is 14.4 Å². The zero-order chi connectivity index (χ0) is 50.0. The van der Waals surface area contributed by atoms with E-state index in [-0.39, 0.29) is 31.1 Å². The first kappa shape index (κ1) is 65.8. The van der Waals surface area contributed by atoms with Gasteiger partial charge in [-0.15, -0.1) is 0 Å². The predicted octanol–water partition coefficient (Wildman–Crippen LogP) is 19.8. The van der Waals surface area contributed by atoms with Gasteiger partial charge in [0.1, 0.15) is 13.2 Å². The van der Waals surface area contributed by atoms with Gasteiger partial charge in [0, 0.05) is 19.3 Å². The van der Waals surface area contributed by atoms with Gasteiger partial charge < -0.3 is 14.2 Å². The van der Waals surface area contributed by atoms with Gasteiger partial charge in [-0.2, -0.15) is 0 Å². The van der Waals surface area contributed by atoms with E-state index >= 15 is 0 Å². The summed E-state index contributed by atoms with van der Waals surface area (Å²) in [4.78, 5) is 37.7. The van der Waals surface area contributed by atoms with Crippen molar-refractivity contribution in [1.82, 2.24) is 0 Å². The molecule has 0 aliphatic rings. The van der Waals surface area contributed by atoms with Gasteiger partial charge in [0.2, 0.25) is 0 Å². The average Bonchev–Trinajstić information content (AvgIpc) is 3.35. The van der Waals surface area contributed by atoms with E-state index in [4.69, 9.17) is 14.2 Å². The third-order valence-electron chi connectivity index (χ3n) is 12.7. The van der Waals surface area contributed by atoms with E-state index in [2.05, 4.69) is 93.7 Å². The highest BCUT2D eigenvalue weighted by Crippen LogP contribution is 2.17. The fourth-order valence-electron chi connectivity index (χ4n) is 8.30. The minimum atomic E-state index is -0.775. The van der Waals surface area contributed by atoms with Crippen molar-refractivity contribution in [2.24, 2.45) is 0 Å². The lowest BCUT2D eigenvalue weighted by Gasteiger charge is -2.18. The highest BCUT2D eigenvalue weighted by Gasteiger charge is 2.19. The number of allylic oxidation sites excluding steroid dienone is 12. The second-order valence-electron chi connectivity index (χ2n) is 19.5. The molecule has 6 heteroatoms. The Morgan fingerprint density at radius 2 is 0.594 bits per heavy atom. The molecule has 0 aromatic carbocycles. The number of esters is 3. The standard InChI is InChI=1S/C63H110O6/c1-4-7-10-13-15-17-19-21-22-23-24-25-26-27-28-29-30-31-32-33-34-35-36-37-38-39-40-42-43-45-47-50-53-56-62(65)68-59-60(58-67-61(64)55-52-49-12-9-6-3)69-63(66)57-54-51-48-46-44-41-20-18-16-14-11-8-5-2/h7,10-11,14-15,17-18,20-22,24-25,60H,4-6,8-9,12-13,16,19,23,26-59H2,1-3H3/b10-7-,14-11-,17-15-,20-18-,22-21-,25-24-. The Labute approximate surface area is 427 Å². The Balaban J connectivity index is 3.90. The molecule has 0 N–H and O–H groups in total. The zero-order valence-corrected chi connectivity index (χ0v) is 45.6. The minimum Gasteiger partial charge on any atom is -0.462 e. The molecule has 1 atom stereocenters. The van der Waals surface area contributed by atoms with E-state index in [0.717, 1.165) is 122 Å². The van der Waals surface area contributed by atoms with Gasteiger partial charge in [-0.05, 0) is 83.5 Å². The van der Waals surface area contributed by atoms with Crippen molar-refractivity contribution in [3.05, 3.63) is 72.9 Å². The van der Waals surface area contributed by atoms with Crippen molar-refractivity contribution in [1.29, 1.82) is 0 Å². The number of carbonyl (C=O) groups is 3. The van der Waals surface area contributed by atoms with Crippen LogP contribution in [0, 0.1) is 0 Å². The van der Waals surface area contributed by atoms with Crippen LogP contribution < -0.4 is 0 Å². The van der Waals surface area contributed by atoms with Crippen molar-refractivity contribution < 1.29 is 28.6 Å². The first-order valence-corrected chi connectivity index (χ1v) is 29.4. The summed E-state index contributed by atoms with van der Waals surface area (Å²) in [6.07, 6.45) is 74.0. The number of unbranched alkanes of at least 4 members (excludes halogenated alkanes) is 30. The summed E-state index contributed by atoms with van der Waals surface area (Å²) in [6, 6.07) is 0. The molecular formula is C63H110O6. The second-order valence-corrected chi connectivity index (χ2v) is 19.5. The Kier molecular flexibility index (Phi) is 54.8. The lowest BCUT2D eigenvalue weighted by atomic mass is 10.0.